The number of carbonyl (C=O) groups is 4. The van der Waals surface area contributed by atoms with Crippen molar-refractivity contribution < 1.29 is 38.5 Å². The van der Waals surface area contributed by atoms with E-state index in [0.29, 0.717) is 32.0 Å². The van der Waals surface area contributed by atoms with Gasteiger partial charge in [0.25, 0.3) is 0 Å². The number of ether oxygens (including phenoxy) is 3. The molecule has 1 aliphatic heterocycles. The SMILES string of the molecule is CNC(C)C(=O)NC(C(=O)N1Cc2cc(OCCOCCOCCNC(=O)O)ccc2C[C@H]1C(=O)N[C@@H]1CCCc2ccccc21)C(C)(C)C. The molecule has 5 N–H and O–H groups in total. The van der Waals surface area contributed by atoms with Crippen LogP contribution in [0.4, 0.5) is 4.79 Å². The Hall–Kier alpha value is -4.20. The third-order valence-corrected chi connectivity index (χ3v) is 9.20. The Labute approximate surface area is 294 Å². The smallest absolute Gasteiger partial charge is 0.404 e. The fourth-order valence-electron chi connectivity index (χ4n) is 6.27. The Kier molecular flexibility index (Phi) is 14.0. The lowest BCUT2D eigenvalue weighted by molar-refractivity contribution is -0.147. The maximum absolute atomic E-state index is 14.5. The van der Waals surface area contributed by atoms with Gasteiger partial charge in [0, 0.05) is 19.5 Å². The predicted octanol–water partition coefficient (Wildman–Crippen LogP) is 2.95. The average Bonchev–Trinajstić information content (AvgIpc) is 3.09. The van der Waals surface area contributed by atoms with Crippen molar-refractivity contribution >= 4 is 23.8 Å². The van der Waals surface area contributed by atoms with Crippen molar-refractivity contribution in [1.29, 1.82) is 0 Å². The third kappa shape index (κ3) is 10.6. The summed E-state index contributed by atoms with van der Waals surface area (Å²) in [6.07, 6.45) is 2.00. The van der Waals surface area contributed by atoms with Crippen LogP contribution in [0.15, 0.2) is 42.5 Å². The number of carbonyl (C=O) groups excluding carboxylic acids is 3. The molecule has 0 radical (unpaired) electrons. The summed E-state index contributed by atoms with van der Waals surface area (Å²) in [6.45, 7) is 9.38. The second kappa shape index (κ2) is 18.2. The lowest BCUT2D eigenvalue weighted by Crippen LogP contribution is -2.62. The van der Waals surface area contributed by atoms with Gasteiger partial charge in [-0.3, -0.25) is 14.4 Å². The van der Waals surface area contributed by atoms with Crippen molar-refractivity contribution in [2.45, 2.75) is 84.1 Å². The van der Waals surface area contributed by atoms with Crippen LogP contribution in [-0.4, -0.2) is 98.6 Å². The van der Waals surface area contributed by atoms with Crippen LogP contribution in [0.1, 0.15) is 68.8 Å². The second-order valence-corrected chi connectivity index (χ2v) is 13.9. The molecule has 2 aromatic carbocycles. The highest BCUT2D eigenvalue weighted by molar-refractivity contribution is 5.94. The molecule has 50 heavy (non-hydrogen) atoms. The van der Waals surface area contributed by atoms with E-state index in [1.807, 2.05) is 51.1 Å². The summed E-state index contributed by atoms with van der Waals surface area (Å²) in [5.74, 6) is -0.212. The second-order valence-electron chi connectivity index (χ2n) is 13.9. The minimum absolute atomic E-state index is 0.140. The molecule has 1 heterocycles. The summed E-state index contributed by atoms with van der Waals surface area (Å²) >= 11 is 0. The predicted molar refractivity (Wildman–Crippen MR) is 188 cm³/mol. The van der Waals surface area contributed by atoms with Crippen molar-refractivity contribution in [3.63, 3.8) is 0 Å². The normalized spacial score (nSPS) is 18.2. The number of hydrogen-bond acceptors (Lipinski definition) is 8. The van der Waals surface area contributed by atoms with Crippen LogP contribution in [0.2, 0.25) is 0 Å². The molecule has 2 unspecified atom stereocenters. The van der Waals surface area contributed by atoms with E-state index in [1.165, 1.54) is 5.56 Å². The largest absolute Gasteiger partial charge is 0.491 e. The van der Waals surface area contributed by atoms with Gasteiger partial charge in [-0.25, -0.2) is 4.79 Å². The number of nitrogens with one attached hydrogen (secondary N) is 4. The lowest BCUT2D eigenvalue weighted by atomic mass is 9.83. The Morgan fingerprint density at radius 1 is 0.960 bits per heavy atom. The molecular weight excluding hydrogens is 642 g/mol. The zero-order valence-electron chi connectivity index (χ0n) is 29.9. The maximum Gasteiger partial charge on any atom is 0.404 e. The first-order valence-electron chi connectivity index (χ1n) is 17.4. The van der Waals surface area contributed by atoms with E-state index in [0.717, 1.165) is 36.0 Å². The van der Waals surface area contributed by atoms with E-state index >= 15 is 0 Å². The number of amides is 4. The topological polar surface area (TPSA) is 168 Å². The molecule has 4 atom stereocenters. The molecule has 0 saturated heterocycles. The molecule has 0 bridgehead atoms. The maximum atomic E-state index is 14.5. The summed E-state index contributed by atoms with van der Waals surface area (Å²) in [5, 5.41) is 20.0. The van der Waals surface area contributed by atoms with Crippen LogP contribution >= 0.6 is 0 Å². The van der Waals surface area contributed by atoms with Crippen LogP contribution in [0, 0.1) is 5.41 Å². The highest BCUT2D eigenvalue weighted by Gasteiger charge is 2.43. The van der Waals surface area contributed by atoms with Crippen LogP contribution in [-0.2, 0) is 43.2 Å². The van der Waals surface area contributed by atoms with Gasteiger partial charge in [-0.15, -0.1) is 0 Å². The van der Waals surface area contributed by atoms with E-state index in [4.69, 9.17) is 19.3 Å². The van der Waals surface area contributed by atoms with E-state index in [2.05, 4.69) is 33.4 Å². The number of carboxylic acid groups (broad SMARTS) is 1. The molecule has 0 spiro atoms. The zero-order chi connectivity index (χ0) is 36.3. The minimum Gasteiger partial charge on any atom is -0.491 e. The van der Waals surface area contributed by atoms with E-state index < -0.39 is 29.6 Å². The molecule has 0 fully saturated rings. The van der Waals surface area contributed by atoms with Crippen molar-refractivity contribution in [2.24, 2.45) is 5.41 Å². The van der Waals surface area contributed by atoms with Gasteiger partial charge in [-0.1, -0.05) is 51.1 Å². The van der Waals surface area contributed by atoms with Gasteiger partial charge in [0.15, 0.2) is 0 Å². The van der Waals surface area contributed by atoms with Gasteiger partial charge in [0.2, 0.25) is 17.7 Å². The molecule has 4 rings (SSSR count). The van der Waals surface area contributed by atoms with Gasteiger partial charge in [-0.2, -0.15) is 0 Å². The van der Waals surface area contributed by atoms with Gasteiger partial charge in [0.1, 0.15) is 24.4 Å². The summed E-state index contributed by atoms with van der Waals surface area (Å²) in [5.41, 5.74) is 3.55. The van der Waals surface area contributed by atoms with Gasteiger partial charge < -0.3 is 45.5 Å². The van der Waals surface area contributed by atoms with Crippen LogP contribution in [0.5, 0.6) is 5.75 Å². The van der Waals surface area contributed by atoms with Crippen molar-refractivity contribution in [1.82, 2.24) is 26.2 Å². The molecule has 0 saturated carbocycles. The molecule has 2 aliphatic rings. The van der Waals surface area contributed by atoms with Crippen molar-refractivity contribution in [3.05, 3.63) is 64.7 Å². The zero-order valence-corrected chi connectivity index (χ0v) is 29.9. The Morgan fingerprint density at radius 3 is 2.40 bits per heavy atom. The fraction of sp³-hybridized carbons (Fsp3) is 0.568. The van der Waals surface area contributed by atoms with Gasteiger partial charge in [0.05, 0.1) is 38.5 Å². The highest BCUT2D eigenvalue weighted by atomic mass is 16.5. The van der Waals surface area contributed by atoms with E-state index in [9.17, 15) is 19.2 Å². The first-order chi connectivity index (χ1) is 23.9. The standard InChI is InChI=1S/C37H53N5O8/c1-24(38-5)33(43)41-32(37(2,3)4)35(45)42-23-27-21-28(50-20-19-49-18-17-48-16-15-39-36(46)47)14-13-26(27)22-31(42)34(44)40-30-12-8-10-25-9-6-7-11-29(25)30/h6-7,9,11,13-14,21,24,30-32,38-39H,8,10,12,15-20,22-23H2,1-5H3,(H,40,44)(H,41,43)(H,46,47)/t24?,30-,31+,32?/m1/s1. The third-order valence-electron chi connectivity index (χ3n) is 9.20. The summed E-state index contributed by atoms with van der Waals surface area (Å²) in [4.78, 5) is 53.8. The molecule has 2 aromatic rings. The summed E-state index contributed by atoms with van der Waals surface area (Å²) < 4.78 is 16.8. The number of aryl methyl sites for hydroxylation is 1. The Bertz CT molecular complexity index is 1480. The van der Waals surface area contributed by atoms with E-state index in [1.54, 1.807) is 18.9 Å². The number of likely N-dealkylation sites (N-methyl/N-ethyl adjacent to an activating group) is 1. The molecular formula is C37H53N5O8. The molecule has 13 nitrogen and oxygen atoms in total. The van der Waals surface area contributed by atoms with Gasteiger partial charge in [-0.05, 0) is 73.0 Å². The van der Waals surface area contributed by atoms with Crippen molar-refractivity contribution in [3.8, 4) is 5.75 Å². The van der Waals surface area contributed by atoms with Crippen LogP contribution in [0.3, 0.4) is 0 Å². The molecule has 1 aliphatic carbocycles. The Morgan fingerprint density at radius 2 is 1.68 bits per heavy atom. The average molecular weight is 696 g/mol. The minimum atomic E-state index is -1.09. The first-order valence-corrected chi connectivity index (χ1v) is 17.4. The highest BCUT2D eigenvalue weighted by Crippen LogP contribution is 2.33. The number of nitrogens with zero attached hydrogens (tertiary/aromatic N) is 1. The van der Waals surface area contributed by atoms with Gasteiger partial charge >= 0.3 is 6.09 Å². The first kappa shape index (κ1) is 38.6. The Balaban J connectivity index is 1.47. The quantitative estimate of drug-likeness (QED) is 0.166. The molecule has 13 heteroatoms. The summed E-state index contributed by atoms with van der Waals surface area (Å²) in [6, 6.07) is 11.6. The molecule has 0 aromatic heterocycles. The summed E-state index contributed by atoms with van der Waals surface area (Å²) in [7, 11) is 1.69. The number of hydrogen-bond donors (Lipinski definition) is 5. The van der Waals surface area contributed by atoms with Crippen LogP contribution in [0.25, 0.3) is 0 Å². The van der Waals surface area contributed by atoms with Crippen LogP contribution < -0.4 is 26.0 Å². The monoisotopic (exact) mass is 695 g/mol. The van der Waals surface area contributed by atoms with E-state index in [-0.39, 0.29) is 50.1 Å². The molecule has 274 valence electrons. The number of benzene rings is 2. The lowest BCUT2D eigenvalue weighted by Gasteiger charge is -2.41. The number of fused-ring (bicyclic) bond motifs is 2. The van der Waals surface area contributed by atoms with Crippen molar-refractivity contribution in [2.75, 3.05) is 46.6 Å². The molecule has 4 amide bonds. The fourth-order valence-corrected chi connectivity index (χ4v) is 6.27. The number of rotatable bonds is 16.